The highest BCUT2D eigenvalue weighted by molar-refractivity contribution is 7.07. The number of likely N-dealkylation sites (tertiary alicyclic amines) is 1. The lowest BCUT2D eigenvalue weighted by Gasteiger charge is -2.44. The Balaban J connectivity index is 1.45. The lowest BCUT2D eigenvalue weighted by atomic mass is 9.73. The monoisotopic (exact) mass is 345 g/mol. The number of aromatic nitrogens is 3. The molecule has 0 aromatic carbocycles. The van der Waals surface area contributed by atoms with E-state index in [9.17, 15) is 4.79 Å². The minimum atomic E-state index is -0.138. The molecule has 4 rings (SSSR count). The van der Waals surface area contributed by atoms with Crippen LogP contribution in [-0.4, -0.2) is 45.7 Å². The topological polar surface area (TPSA) is 63.1 Å². The summed E-state index contributed by atoms with van der Waals surface area (Å²) < 4.78 is 2.05. The van der Waals surface area contributed by atoms with Crippen LogP contribution in [0.3, 0.4) is 0 Å². The van der Waals surface area contributed by atoms with Crippen molar-refractivity contribution in [2.75, 3.05) is 20.1 Å². The summed E-state index contributed by atoms with van der Waals surface area (Å²) in [6.45, 7) is 4.19. The van der Waals surface area contributed by atoms with E-state index < -0.39 is 0 Å². The second kappa shape index (κ2) is 6.29. The van der Waals surface area contributed by atoms with Crippen molar-refractivity contribution in [2.45, 2.75) is 38.8 Å². The fourth-order valence-corrected chi connectivity index (χ4v) is 4.65. The summed E-state index contributed by atoms with van der Waals surface area (Å²) in [7, 11) is 1.64. The smallest absolute Gasteiger partial charge is 0.288 e. The molecule has 0 atom stereocenters. The van der Waals surface area contributed by atoms with Gasteiger partial charge in [-0.05, 0) is 60.2 Å². The number of fused-ring (bicyclic) bond motifs is 1. The molecule has 0 radical (unpaired) electrons. The Hall–Kier alpha value is -1.73. The van der Waals surface area contributed by atoms with E-state index >= 15 is 0 Å². The van der Waals surface area contributed by atoms with E-state index in [0.717, 1.165) is 44.8 Å². The van der Waals surface area contributed by atoms with E-state index in [4.69, 9.17) is 0 Å². The third-order valence-electron chi connectivity index (χ3n) is 5.53. The van der Waals surface area contributed by atoms with Gasteiger partial charge in [-0.25, -0.2) is 0 Å². The summed E-state index contributed by atoms with van der Waals surface area (Å²) in [5.41, 5.74) is 1.71. The first-order chi connectivity index (χ1) is 11.7. The van der Waals surface area contributed by atoms with Crippen LogP contribution < -0.4 is 5.32 Å². The molecule has 0 unspecified atom stereocenters. The van der Waals surface area contributed by atoms with Gasteiger partial charge in [0, 0.05) is 26.6 Å². The van der Waals surface area contributed by atoms with Crippen molar-refractivity contribution in [2.24, 2.45) is 5.41 Å². The molecule has 1 N–H and O–H groups in total. The normalized spacial score (nSPS) is 20.0. The van der Waals surface area contributed by atoms with Crippen LogP contribution in [0.2, 0.25) is 0 Å². The fourth-order valence-electron chi connectivity index (χ4n) is 3.99. The van der Waals surface area contributed by atoms with Gasteiger partial charge in [0.15, 0.2) is 0 Å². The Morgan fingerprint density at radius 2 is 2.17 bits per heavy atom. The number of nitrogens with zero attached hydrogens (tertiary/aromatic N) is 4. The second-order valence-electron chi connectivity index (χ2n) is 7.01. The standard InChI is InChI=1S/C17H23N5OS/c1-18-16(23)15-20-19-14-2-4-17(12-22(14)15)5-7-21(8-6-17)10-13-3-9-24-11-13/h3,9,11H,2,4-8,10,12H2,1H3,(H,18,23). The number of hydrogen-bond acceptors (Lipinski definition) is 5. The van der Waals surface area contributed by atoms with Crippen molar-refractivity contribution >= 4 is 17.2 Å². The lowest BCUT2D eigenvalue weighted by Crippen LogP contribution is -2.44. The molecule has 1 fully saturated rings. The number of amides is 1. The molecule has 128 valence electrons. The van der Waals surface area contributed by atoms with Gasteiger partial charge in [0.25, 0.3) is 5.91 Å². The van der Waals surface area contributed by atoms with E-state index in [0.29, 0.717) is 11.2 Å². The van der Waals surface area contributed by atoms with Crippen molar-refractivity contribution < 1.29 is 4.79 Å². The third kappa shape index (κ3) is 2.86. The number of piperidine rings is 1. The number of hydrogen-bond donors (Lipinski definition) is 1. The molecular formula is C17H23N5OS. The molecule has 0 bridgehead atoms. The number of carbonyl (C=O) groups excluding carboxylic acids is 1. The van der Waals surface area contributed by atoms with Crippen LogP contribution in [-0.2, 0) is 19.5 Å². The van der Waals surface area contributed by atoms with Crippen molar-refractivity contribution in [3.05, 3.63) is 34.0 Å². The van der Waals surface area contributed by atoms with Gasteiger partial charge >= 0.3 is 0 Å². The molecule has 24 heavy (non-hydrogen) atoms. The molecule has 2 aliphatic heterocycles. The first kappa shape index (κ1) is 15.8. The highest BCUT2D eigenvalue weighted by Gasteiger charge is 2.39. The Morgan fingerprint density at radius 3 is 2.88 bits per heavy atom. The molecule has 1 saturated heterocycles. The summed E-state index contributed by atoms with van der Waals surface area (Å²) in [6.07, 6.45) is 4.45. The van der Waals surface area contributed by atoms with Crippen LogP contribution in [0.1, 0.15) is 41.3 Å². The van der Waals surface area contributed by atoms with Gasteiger partial charge in [0.05, 0.1) is 0 Å². The molecular weight excluding hydrogens is 322 g/mol. The maximum absolute atomic E-state index is 12.0. The average Bonchev–Trinajstić information content (AvgIpc) is 3.26. The van der Waals surface area contributed by atoms with Crippen LogP contribution in [0.15, 0.2) is 16.8 Å². The van der Waals surface area contributed by atoms with E-state index in [2.05, 4.69) is 41.8 Å². The molecule has 1 spiro atoms. The van der Waals surface area contributed by atoms with Crippen LogP contribution in [0, 0.1) is 5.41 Å². The Morgan fingerprint density at radius 1 is 1.33 bits per heavy atom. The Bertz CT molecular complexity index is 715. The minimum Gasteiger partial charge on any atom is -0.352 e. The number of rotatable bonds is 3. The van der Waals surface area contributed by atoms with Gasteiger partial charge in [-0.3, -0.25) is 9.69 Å². The lowest BCUT2D eigenvalue weighted by molar-refractivity contribution is 0.0619. The van der Waals surface area contributed by atoms with Crippen LogP contribution in [0.25, 0.3) is 0 Å². The van der Waals surface area contributed by atoms with Gasteiger partial charge in [-0.15, -0.1) is 10.2 Å². The van der Waals surface area contributed by atoms with Crippen LogP contribution in [0.4, 0.5) is 0 Å². The largest absolute Gasteiger partial charge is 0.352 e. The fraction of sp³-hybridized carbons (Fsp3) is 0.588. The molecule has 6 nitrogen and oxygen atoms in total. The van der Waals surface area contributed by atoms with E-state index in [1.165, 1.54) is 18.4 Å². The van der Waals surface area contributed by atoms with Gasteiger partial charge in [-0.2, -0.15) is 11.3 Å². The van der Waals surface area contributed by atoms with Crippen molar-refractivity contribution in [1.29, 1.82) is 0 Å². The van der Waals surface area contributed by atoms with E-state index in [1.54, 1.807) is 18.4 Å². The van der Waals surface area contributed by atoms with Gasteiger partial charge in [0.1, 0.15) is 5.82 Å². The summed E-state index contributed by atoms with van der Waals surface area (Å²) in [5.74, 6) is 1.29. The van der Waals surface area contributed by atoms with Crippen LogP contribution in [0.5, 0.6) is 0 Å². The van der Waals surface area contributed by atoms with E-state index in [1.807, 2.05) is 0 Å². The zero-order valence-corrected chi connectivity index (χ0v) is 14.8. The predicted octanol–water partition coefficient (Wildman–Crippen LogP) is 1.93. The SMILES string of the molecule is CNC(=O)c1nnc2n1CC1(CC2)CCN(Cc2ccsc2)CC1. The van der Waals surface area contributed by atoms with Crippen molar-refractivity contribution in [3.8, 4) is 0 Å². The predicted molar refractivity (Wildman–Crippen MR) is 93.0 cm³/mol. The summed E-state index contributed by atoms with van der Waals surface area (Å²) in [4.78, 5) is 14.6. The van der Waals surface area contributed by atoms with Crippen LogP contribution >= 0.6 is 11.3 Å². The van der Waals surface area contributed by atoms with Gasteiger partial charge in [-0.1, -0.05) is 0 Å². The van der Waals surface area contributed by atoms with E-state index in [-0.39, 0.29) is 5.91 Å². The molecule has 4 heterocycles. The summed E-state index contributed by atoms with van der Waals surface area (Å²) in [5, 5.41) is 15.4. The zero-order chi connectivity index (χ0) is 16.6. The van der Waals surface area contributed by atoms with Crippen molar-refractivity contribution in [1.82, 2.24) is 25.0 Å². The quantitative estimate of drug-likeness (QED) is 0.923. The first-order valence-corrected chi connectivity index (χ1v) is 9.51. The Kier molecular flexibility index (Phi) is 4.14. The summed E-state index contributed by atoms with van der Waals surface area (Å²) in [6, 6.07) is 2.22. The molecule has 0 saturated carbocycles. The molecule has 2 aliphatic rings. The molecule has 0 aliphatic carbocycles. The first-order valence-electron chi connectivity index (χ1n) is 8.57. The highest BCUT2D eigenvalue weighted by atomic mass is 32.1. The molecule has 2 aromatic rings. The highest BCUT2D eigenvalue weighted by Crippen LogP contribution is 2.41. The van der Waals surface area contributed by atoms with Gasteiger partial charge in [0.2, 0.25) is 5.82 Å². The third-order valence-corrected chi connectivity index (χ3v) is 6.27. The number of nitrogens with one attached hydrogen (secondary N) is 1. The maximum atomic E-state index is 12.0. The molecule has 2 aromatic heterocycles. The second-order valence-corrected chi connectivity index (χ2v) is 7.79. The maximum Gasteiger partial charge on any atom is 0.288 e. The minimum absolute atomic E-state index is 0.138. The number of thiophene rings is 1. The zero-order valence-electron chi connectivity index (χ0n) is 14.0. The molecule has 1 amide bonds. The number of carbonyl (C=O) groups is 1. The number of aryl methyl sites for hydroxylation is 1. The van der Waals surface area contributed by atoms with Gasteiger partial charge < -0.3 is 9.88 Å². The average molecular weight is 345 g/mol. The summed E-state index contributed by atoms with van der Waals surface area (Å²) >= 11 is 1.77. The molecule has 7 heteroatoms. The van der Waals surface area contributed by atoms with Crippen molar-refractivity contribution in [3.63, 3.8) is 0 Å². The Labute approximate surface area is 145 Å².